The lowest BCUT2D eigenvalue weighted by atomic mass is 10.1. The minimum Gasteiger partial charge on any atom is -0.376 e. The molecule has 2 rings (SSSR count). The number of hydrogen-bond acceptors (Lipinski definition) is 5. The third-order valence-corrected chi connectivity index (χ3v) is 3.21. The zero-order chi connectivity index (χ0) is 13.7. The van der Waals surface area contributed by atoms with Crippen LogP contribution in [0.4, 0.5) is 5.82 Å². The van der Waals surface area contributed by atoms with Crippen molar-refractivity contribution in [3.8, 4) is 0 Å². The summed E-state index contributed by atoms with van der Waals surface area (Å²) in [6.07, 6.45) is 6.51. The molecule has 0 aromatic carbocycles. The molecule has 19 heavy (non-hydrogen) atoms. The number of rotatable bonds is 4. The number of aromatic nitrogens is 2. The Morgan fingerprint density at radius 1 is 1.53 bits per heavy atom. The SMILES string of the molecule is CNc1cncc(C(=O)N(C)CC2CCCCO2)n1. The van der Waals surface area contributed by atoms with E-state index in [4.69, 9.17) is 4.74 Å². The van der Waals surface area contributed by atoms with E-state index in [-0.39, 0.29) is 12.0 Å². The summed E-state index contributed by atoms with van der Waals surface area (Å²) in [5.74, 6) is 0.465. The van der Waals surface area contributed by atoms with Crippen LogP contribution in [0.15, 0.2) is 12.4 Å². The highest BCUT2D eigenvalue weighted by molar-refractivity contribution is 5.92. The first-order chi connectivity index (χ1) is 9.20. The number of carbonyl (C=O) groups is 1. The monoisotopic (exact) mass is 264 g/mol. The average Bonchev–Trinajstić information content (AvgIpc) is 2.47. The molecule has 1 aromatic rings. The van der Waals surface area contributed by atoms with Gasteiger partial charge in [-0.25, -0.2) is 4.98 Å². The maximum absolute atomic E-state index is 12.2. The molecule has 0 saturated carbocycles. The highest BCUT2D eigenvalue weighted by atomic mass is 16.5. The predicted octanol–water partition coefficient (Wildman–Crippen LogP) is 1.16. The number of anilines is 1. The van der Waals surface area contributed by atoms with Crippen LogP contribution in [0.25, 0.3) is 0 Å². The second-order valence-corrected chi connectivity index (χ2v) is 4.71. The van der Waals surface area contributed by atoms with Crippen LogP contribution in [-0.2, 0) is 4.74 Å². The Morgan fingerprint density at radius 3 is 3.05 bits per heavy atom. The Labute approximate surface area is 113 Å². The fourth-order valence-electron chi connectivity index (χ4n) is 2.12. The summed E-state index contributed by atoms with van der Waals surface area (Å²) in [5.41, 5.74) is 0.352. The molecule has 0 spiro atoms. The minimum absolute atomic E-state index is 0.126. The predicted molar refractivity (Wildman–Crippen MR) is 72.1 cm³/mol. The van der Waals surface area contributed by atoms with Crippen molar-refractivity contribution in [3.63, 3.8) is 0 Å². The van der Waals surface area contributed by atoms with Crippen LogP contribution < -0.4 is 5.32 Å². The molecule has 1 aromatic heterocycles. The largest absolute Gasteiger partial charge is 0.376 e. The summed E-state index contributed by atoms with van der Waals surface area (Å²) in [7, 11) is 3.52. The van der Waals surface area contributed by atoms with E-state index in [0.29, 0.717) is 18.1 Å². The molecule has 1 amide bonds. The van der Waals surface area contributed by atoms with Gasteiger partial charge in [0.1, 0.15) is 11.5 Å². The molecule has 2 heterocycles. The van der Waals surface area contributed by atoms with Gasteiger partial charge in [0.15, 0.2) is 0 Å². The molecule has 1 N–H and O–H groups in total. The van der Waals surface area contributed by atoms with Crippen molar-refractivity contribution in [2.75, 3.05) is 32.6 Å². The summed E-state index contributed by atoms with van der Waals surface area (Å²) >= 11 is 0. The van der Waals surface area contributed by atoms with Gasteiger partial charge in [-0.1, -0.05) is 0 Å². The van der Waals surface area contributed by atoms with Crippen molar-refractivity contribution in [2.45, 2.75) is 25.4 Å². The molecule has 0 bridgehead atoms. The summed E-state index contributed by atoms with van der Waals surface area (Å²) in [4.78, 5) is 22.1. The molecule has 6 heteroatoms. The Bertz CT molecular complexity index is 432. The van der Waals surface area contributed by atoms with Crippen molar-refractivity contribution in [1.82, 2.24) is 14.9 Å². The Hall–Kier alpha value is -1.69. The molecule has 1 aliphatic heterocycles. The molecule has 1 aliphatic rings. The molecule has 104 valence electrons. The Balaban J connectivity index is 1.97. The van der Waals surface area contributed by atoms with Gasteiger partial charge in [-0.05, 0) is 19.3 Å². The standard InChI is InChI=1S/C13H20N4O2/c1-14-12-8-15-7-11(16-12)13(18)17(2)9-10-5-3-4-6-19-10/h7-8,10H,3-6,9H2,1-2H3,(H,14,16). The van der Waals surface area contributed by atoms with E-state index in [1.807, 2.05) is 0 Å². The summed E-state index contributed by atoms with van der Waals surface area (Å²) < 4.78 is 5.64. The fraction of sp³-hybridized carbons (Fsp3) is 0.615. The molecule has 0 aliphatic carbocycles. The number of nitrogens with zero attached hydrogens (tertiary/aromatic N) is 3. The second kappa shape index (κ2) is 6.47. The van der Waals surface area contributed by atoms with Crippen molar-refractivity contribution in [3.05, 3.63) is 18.1 Å². The van der Waals surface area contributed by atoms with E-state index in [1.54, 1.807) is 25.2 Å². The number of carbonyl (C=O) groups excluding carboxylic acids is 1. The van der Waals surface area contributed by atoms with Gasteiger partial charge < -0.3 is 15.0 Å². The summed E-state index contributed by atoms with van der Waals surface area (Å²) in [6.45, 7) is 1.39. The van der Waals surface area contributed by atoms with Crippen molar-refractivity contribution < 1.29 is 9.53 Å². The van der Waals surface area contributed by atoms with Gasteiger partial charge in [-0.2, -0.15) is 0 Å². The number of likely N-dealkylation sites (N-methyl/N-ethyl adjacent to an activating group) is 1. The smallest absolute Gasteiger partial charge is 0.273 e. The molecule has 1 saturated heterocycles. The average molecular weight is 264 g/mol. The minimum atomic E-state index is -0.126. The summed E-state index contributed by atoms with van der Waals surface area (Å²) in [6, 6.07) is 0. The number of hydrogen-bond donors (Lipinski definition) is 1. The van der Waals surface area contributed by atoms with E-state index in [1.165, 1.54) is 12.6 Å². The van der Waals surface area contributed by atoms with Gasteiger partial charge in [0.25, 0.3) is 5.91 Å². The highest BCUT2D eigenvalue weighted by Crippen LogP contribution is 2.14. The third-order valence-electron chi connectivity index (χ3n) is 3.21. The van der Waals surface area contributed by atoms with Crippen LogP contribution in [0.2, 0.25) is 0 Å². The first-order valence-corrected chi connectivity index (χ1v) is 6.57. The lowest BCUT2D eigenvalue weighted by Gasteiger charge is -2.27. The van der Waals surface area contributed by atoms with Crippen molar-refractivity contribution >= 4 is 11.7 Å². The normalized spacial score (nSPS) is 18.9. The van der Waals surface area contributed by atoms with Crippen LogP contribution in [0.3, 0.4) is 0 Å². The van der Waals surface area contributed by atoms with Crippen LogP contribution in [0.5, 0.6) is 0 Å². The summed E-state index contributed by atoms with van der Waals surface area (Å²) in [5, 5.41) is 2.87. The number of ether oxygens (including phenoxy) is 1. The van der Waals surface area contributed by atoms with E-state index in [0.717, 1.165) is 19.4 Å². The second-order valence-electron chi connectivity index (χ2n) is 4.71. The van der Waals surface area contributed by atoms with Crippen LogP contribution in [-0.4, -0.2) is 54.1 Å². The topological polar surface area (TPSA) is 67.4 Å². The molecular formula is C13H20N4O2. The lowest BCUT2D eigenvalue weighted by Crippen LogP contribution is -2.37. The number of nitrogens with one attached hydrogen (secondary N) is 1. The van der Waals surface area contributed by atoms with Crippen LogP contribution >= 0.6 is 0 Å². The third kappa shape index (κ3) is 3.64. The zero-order valence-corrected chi connectivity index (χ0v) is 11.4. The Morgan fingerprint density at radius 2 is 2.37 bits per heavy atom. The van der Waals surface area contributed by atoms with E-state index >= 15 is 0 Å². The first kappa shape index (κ1) is 13.7. The van der Waals surface area contributed by atoms with Gasteiger partial charge in [-0.3, -0.25) is 9.78 Å². The fourth-order valence-corrected chi connectivity index (χ4v) is 2.12. The molecule has 0 radical (unpaired) electrons. The van der Waals surface area contributed by atoms with E-state index < -0.39 is 0 Å². The van der Waals surface area contributed by atoms with Crippen molar-refractivity contribution in [1.29, 1.82) is 0 Å². The molecule has 1 fully saturated rings. The molecule has 1 atom stereocenters. The van der Waals surface area contributed by atoms with Gasteiger partial charge in [-0.15, -0.1) is 0 Å². The van der Waals surface area contributed by atoms with E-state index in [9.17, 15) is 4.79 Å². The maximum Gasteiger partial charge on any atom is 0.273 e. The van der Waals surface area contributed by atoms with Gasteiger partial charge in [0, 0.05) is 27.2 Å². The number of amides is 1. The quantitative estimate of drug-likeness (QED) is 0.884. The lowest BCUT2D eigenvalue weighted by molar-refractivity contribution is -0.000295. The van der Waals surface area contributed by atoms with Crippen LogP contribution in [0.1, 0.15) is 29.8 Å². The van der Waals surface area contributed by atoms with Crippen molar-refractivity contribution in [2.24, 2.45) is 0 Å². The van der Waals surface area contributed by atoms with Gasteiger partial charge in [0.05, 0.1) is 18.5 Å². The molecule has 1 unspecified atom stereocenters. The van der Waals surface area contributed by atoms with Gasteiger partial charge in [0.2, 0.25) is 0 Å². The van der Waals surface area contributed by atoms with Gasteiger partial charge >= 0.3 is 0 Å². The molecule has 6 nitrogen and oxygen atoms in total. The van der Waals surface area contributed by atoms with E-state index in [2.05, 4.69) is 15.3 Å². The zero-order valence-electron chi connectivity index (χ0n) is 11.4. The highest BCUT2D eigenvalue weighted by Gasteiger charge is 2.20. The maximum atomic E-state index is 12.2. The Kier molecular flexibility index (Phi) is 4.68. The van der Waals surface area contributed by atoms with Crippen LogP contribution in [0, 0.1) is 0 Å². The molecular weight excluding hydrogens is 244 g/mol. The first-order valence-electron chi connectivity index (χ1n) is 6.57.